The number of hydrogen-bond donors (Lipinski definition) is 3. The summed E-state index contributed by atoms with van der Waals surface area (Å²) in [4.78, 5) is 18.6. The highest BCUT2D eigenvalue weighted by Crippen LogP contribution is 2.28. The van der Waals surface area contributed by atoms with E-state index in [1.165, 1.54) is 25.5 Å². The molecule has 2 aliphatic rings. The van der Waals surface area contributed by atoms with Gasteiger partial charge in [0.2, 0.25) is 0 Å². The average Bonchev–Trinajstić information content (AvgIpc) is 2.82. The molecule has 4 atom stereocenters. The van der Waals surface area contributed by atoms with Gasteiger partial charge in [0.05, 0.1) is 6.61 Å². The molecule has 2 saturated heterocycles. The van der Waals surface area contributed by atoms with Crippen molar-refractivity contribution in [2.45, 2.75) is 56.6 Å². The fourth-order valence-corrected chi connectivity index (χ4v) is 3.36. The van der Waals surface area contributed by atoms with E-state index < -0.39 is 36.8 Å². The van der Waals surface area contributed by atoms with E-state index in [2.05, 4.69) is 9.88 Å². The topological polar surface area (TPSA) is 108 Å². The Kier molecular flexibility index (Phi) is 5.50. The van der Waals surface area contributed by atoms with Gasteiger partial charge in [-0.15, -0.1) is 0 Å². The van der Waals surface area contributed by atoms with Crippen LogP contribution in [0.4, 0.5) is 5.82 Å². The van der Waals surface area contributed by atoms with Crippen molar-refractivity contribution in [1.82, 2.24) is 9.55 Å². The van der Waals surface area contributed by atoms with Gasteiger partial charge in [-0.3, -0.25) is 4.57 Å². The zero-order chi connectivity index (χ0) is 17.1. The van der Waals surface area contributed by atoms with Crippen LogP contribution < -0.4 is 10.6 Å². The van der Waals surface area contributed by atoms with Crippen LogP contribution in [-0.4, -0.2) is 62.9 Å². The van der Waals surface area contributed by atoms with Crippen molar-refractivity contribution in [1.29, 1.82) is 0 Å². The van der Waals surface area contributed by atoms with Crippen LogP contribution in [0, 0.1) is 0 Å². The molecular weight excluding hydrogens is 314 g/mol. The van der Waals surface area contributed by atoms with Crippen LogP contribution in [0.5, 0.6) is 0 Å². The van der Waals surface area contributed by atoms with Crippen LogP contribution in [0.25, 0.3) is 0 Å². The third kappa shape index (κ3) is 3.46. The summed E-state index contributed by atoms with van der Waals surface area (Å²) in [6, 6.07) is 1.73. The summed E-state index contributed by atoms with van der Waals surface area (Å²) >= 11 is 0. The summed E-state index contributed by atoms with van der Waals surface area (Å²) in [5.41, 5.74) is -0.538. The number of nitrogens with zero attached hydrogens (tertiary/aromatic N) is 3. The SMILES string of the molecule is O=c1nc(N2CCCCCCC2)ccn1[C@@H]1O[C@@H](CO)[C@@H](O)[C@@H]1O. The van der Waals surface area contributed by atoms with E-state index in [1.807, 2.05) is 0 Å². The summed E-state index contributed by atoms with van der Waals surface area (Å²) < 4.78 is 6.55. The van der Waals surface area contributed by atoms with Crippen LogP contribution in [0.15, 0.2) is 17.1 Å². The van der Waals surface area contributed by atoms with Crippen molar-refractivity contribution in [3.05, 3.63) is 22.7 Å². The quantitative estimate of drug-likeness (QED) is 0.689. The molecule has 2 fully saturated rings. The minimum Gasteiger partial charge on any atom is -0.394 e. The highest BCUT2D eigenvalue weighted by atomic mass is 16.6. The summed E-state index contributed by atoms with van der Waals surface area (Å²) in [7, 11) is 0. The molecule has 1 aromatic rings. The van der Waals surface area contributed by atoms with Gasteiger partial charge in [-0.2, -0.15) is 4.98 Å². The molecule has 0 unspecified atom stereocenters. The molecule has 1 aromatic heterocycles. The number of aliphatic hydroxyl groups excluding tert-OH is 3. The lowest BCUT2D eigenvalue weighted by molar-refractivity contribution is -0.0549. The van der Waals surface area contributed by atoms with Crippen LogP contribution in [0.1, 0.15) is 38.3 Å². The Morgan fingerprint density at radius 1 is 1.12 bits per heavy atom. The Morgan fingerprint density at radius 2 is 1.79 bits per heavy atom. The van der Waals surface area contributed by atoms with Crippen molar-refractivity contribution >= 4 is 5.82 Å². The molecule has 0 bridgehead atoms. The first-order valence-electron chi connectivity index (χ1n) is 8.58. The number of hydrogen-bond acceptors (Lipinski definition) is 7. The predicted molar refractivity (Wildman–Crippen MR) is 86.8 cm³/mol. The Morgan fingerprint density at radius 3 is 2.38 bits per heavy atom. The first kappa shape index (κ1) is 17.3. The van der Waals surface area contributed by atoms with Gasteiger partial charge in [0.15, 0.2) is 6.23 Å². The number of rotatable bonds is 3. The molecule has 3 heterocycles. The van der Waals surface area contributed by atoms with Gasteiger partial charge in [-0.1, -0.05) is 19.3 Å². The number of aliphatic hydroxyl groups is 3. The first-order valence-corrected chi connectivity index (χ1v) is 8.58. The van der Waals surface area contributed by atoms with E-state index in [4.69, 9.17) is 9.84 Å². The molecule has 0 aliphatic carbocycles. The van der Waals surface area contributed by atoms with E-state index in [0.717, 1.165) is 30.5 Å². The zero-order valence-corrected chi connectivity index (χ0v) is 13.6. The first-order chi connectivity index (χ1) is 11.6. The molecule has 0 spiro atoms. The Labute approximate surface area is 140 Å². The number of aromatic nitrogens is 2. The van der Waals surface area contributed by atoms with Gasteiger partial charge in [0.1, 0.15) is 24.1 Å². The predicted octanol–water partition coefficient (Wildman–Crippen LogP) is -0.375. The van der Waals surface area contributed by atoms with Crippen LogP contribution >= 0.6 is 0 Å². The third-order valence-electron chi connectivity index (χ3n) is 4.79. The maximum absolute atomic E-state index is 12.4. The van der Waals surface area contributed by atoms with Crippen molar-refractivity contribution in [2.75, 3.05) is 24.6 Å². The second kappa shape index (κ2) is 7.60. The van der Waals surface area contributed by atoms with Gasteiger partial charge in [0.25, 0.3) is 0 Å². The van der Waals surface area contributed by atoms with E-state index in [9.17, 15) is 15.0 Å². The van der Waals surface area contributed by atoms with Gasteiger partial charge >= 0.3 is 5.69 Å². The van der Waals surface area contributed by atoms with Crippen molar-refractivity contribution in [3.63, 3.8) is 0 Å². The van der Waals surface area contributed by atoms with Gasteiger partial charge in [-0.25, -0.2) is 4.79 Å². The third-order valence-corrected chi connectivity index (χ3v) is 4.79. The minimum absolute atomic E-state index is 0.428. The Balaban J connectivity index is 1.78. The maximum Gasteiger partial charge on any atom is 0.351 e. The van der Waals surface area contributed by atoms with E-state index in [1.54, 1.807) is 6.07 Å². The fraction of sp³-hybridized carbons (Fsp3) is 0.750. The van der Waals surface area contributed by atoms with E-state index in [0.29, 0.717) is 5.82 Å². The molecule has 24 heavy (non-hydrogen) atoms. The zero-order valence-electron chi connectivity index (χ0n) is 13.6. The highest BCUT2D eigenvalue weighted by Gasteiger charge is 2.43. The van der Waals surface area contributed by atoms with Gasteiger partial charge < -0.3 is 25.0 Å². The van der Waals surface area contributed by atoms with Crippen LogP contribution in [0.2, 0.25) is 0 Å². The molecule has 0 amide bonds. The Hall–Kier alpha value is -1.48. The smallest absolute Gasteiger partial charge is 0.351 e. The number of ether oxygens (including phenoxy) is 1. The second-order valence-electron chi connectivity index (χ2n) is 6.46. The average molecular weight is 339 g/mol. The molecular formula is C16H25N3O5. The van der Waals surface area contributed by atoms with Gasteiger partial charge in [0, 0.05) is 19.3 Å². The number of anilines is 1. The molecule has 134 valence electrons. The molecule has 8 heteroatoms. The maximum atomic E-state index is 12.4. The standard InChI is InChI=1S/C16H25N3O5/c20-10-11-13(21)14(22)15(24-11)19-9-6-12(17-16(19)23)18-7-4-2-1-3-5-8-18/h6,9,11,13-15,20-22H,1-5,7-8,10H2/t11-,13+,14-,15+/m0/s1. The lowest BCUT2D eigenvalue weighted by atomic mass is 10.1. The van der Waals surface area contributed by atoms with Crippen LogP contribution in [-0.2, 0) is 4.74 Å². The van der Waals surface area contributed by atoms with Crippen molar-refractivity contribution in [3.8, 4) is 0 Å². The fourth-order valence-electron chi connectivity index (χ4n) is 3.36. The molecule has 0 radical (unpaired) electrons. The largest absolute Gasteiger partial charge is 0.394 e. The highest BCUT2D eigenvalue weighted by molar-refractivity contribution is 5.36. The second-order valence-corrected chi connectivity index (χ2v) is 6.46. The summed E-state index contributed by atoms with van der Waals surface area (Å²) in [5, 5.41) is 29.0. The Bertz CT molecular complexity index is 600. The van der Waals surface area contributed by atoms with Crippen molar-refractivity contribution < 1.29 is 20.1 Å². The molecule has 3 rings (SSSR count). The monoisotopic (exact) mass is 339 g/mol. The normalized spacial score (nSPS) is 31.7. The molecule has 0 aromatic carbocycles. The molecule has 8 nitrogen and oxygen atoms in total. The minimum atomic E-state index is -1.28. The molecule has 0 saturated carbocycles. The summed E-state index contributed by atoms with van der Waals surface area (Å²) in [6.07, 6.45) is 2.86. The lowest BCUT2D eigenvalue weighted by Gasteiger charge is -2.26. The van der Waals surface area contributed by atoms with Crippen molar-refractivity contribution in [2.24, 2.45) is 0 Å². The molecule has 3 N–H and O–H groups in total. The van der Waals surface area contributed by atoms with E-state index in [-0.39, 0.29) is 0 Å². The van der Waals surface area contributed by atoms with Gasteiger partial charge in [-0.05, 0) is 18.9 Å². The lowest BCUT2D eigenvalue weighted by Crippen LogP contribution is -2.37. The molecule has 2 aliphatic heterocycles. The summed E-state index contributed by atoms with van der Waals surface area (Å²) in [5.74, 6) is 0.630. The van der Waals surface area contributed by atoms with E-state index >= 15 is 0 Å². The summed E-state index contributed by atoms with van der Waals surface area (Å²) in [6.45, 7) is 1.33. The van der Waals surface area contributed by atoms with Crippen LogP contribution in [0.3, 0.4) is 0 Å².